The van der Waals surface area contributed by atoms with Gasteiger partial charge in [0.1, 0.15) is 5.76 Å². The summed E-state index contributed by atoms with van der Waals surface area (Å²) in [5.74, 6) is -0.869. The number of rotatable bonds is 5. The van der Waals surface area contributed by atoms with E-state index in [2.05, 4.69) is 25.9 Å². The van der Waals surface area contributed by atoms with Gasteiger partial charge in [0.05, 0.1) is 34.7 Å². The van der Waals surface area contributed by atoms with Crippen LogP contribution in [0.1, 0.15) is 36.9 Å². The van der Waals surface area contributed by atoms with Gasteiger partial charge in [0, 0.05) is 22.2 Å². The summed E-state index contributed by atoms with van der Waals surface area (Å²) in [5, 5.41) is 13.6. The number of carbonyl (C=O) groups is 2. The van der Waals surface area contributed by atoms with E-state index in [-0.39, 0.29) is 11.8 Å². The van der Waals surface area contributed by atoms with Gasteiger partial charge in [-0.1, -0.05) is 0 Å². The Morgan fingerprint density at radius 1 is 0.935 bits per heavy atom. The van der Waals surface area contributed by atoms with Gasteiger partial charge in [-0.2, -0.15) is 0 Å². The van der Waals surface area contributed by atoms with Gasteiger partial charge in [0.2, 0.25) is 0 Å². The molecule has 8 nitrogen and oxygen atoms in total. The highest BCUT2D eigenvalue weighted by Crippen LogP contribution is 2.39. The number of hydrogen-bond acceptors (Lipinski definition) is 8. The van der Waals surface area contributed by atoms with Crippen LogP contribution >= 0.6 is 22.7 Å². The SMILES string of the molecule is CC1=C(C(=O)Nc2nc(C)cs2)C(c2ccco2)C(C(=O)Nc2nc(C)cs2)=C(C)N1. The van der Waals surface area contributed by atoms with E-state index in [1.165, 1.54) is 28.9 Å². The van der Waals surface area contributed by atoms with Crippen molar-refractivity contribution in [2.75, 3.05) is 10.6 Å². The number of carbonyl (C=O) groups excluding carboxylic acids is 2. The monoisotopic (exact) mass is 455 g/mol. The first-order valence-corrected chi connectivity index (χ1v) is 11.3. The average Bonchev–Trinajstić information content (AvgIpc) is 3.44. The number of amides is 2. The molecule has 2 amide bonds. The summed E-state index contributed by atoms with van der Waals surface area (Å²) in [6.07, 6.45) is 1.53. The second-order valence-corrected chi connectivity index (χ2v) is 8.86. The normalized spacial score (nSPS) is 14.6. The minimum Gasteiger partial charge on any atom is -0.468 e. The van der Waals surface area contributed by atoms with Gasteiger partial charge in [-0.15, -0.1) is 22.7 Å². The molecule has 0 saturated carbocycles. The van der Waals surface area contributed by atoms with Crippen molar-refractivity contribution in [1.82, 2.24) is 15.3 Å². The minimum atomic E-state index is -0.682. The Labute approximate surface area is 187 Å². The van der Waals surface area contributed by atoms with E-state index in [9.17, 15) is 9.59 Å². The molecule has 0 aromatic carbocycles. The van der Waals surface area contributed by atoms with Crippen LogP contribution in [-0.4, -0.2) is 21.8 Å². The van der Waals surface area contributed by atoms with Crippen LogP contribution in [0.25, 0.3) is 0 Å². The topological polar surface area (TPSA) is 109 Å². The molecule has 0 spiro atoms. The lowest BCUT2D eigenvalue weighted by molar-refractivity contribution is -0.113. The van der Waals surface area contributed by atoms with E-state index in [0.717, 1.165) is 11.4 Å². The largest absolute Gasteiger partial charge is 0.468 e. The molecule has 0 saturated heterocycles. The number of furan rings is 1. The Hall–Kier alpha value is -3.24. The summed E-state index contributed by atoms with van der Waals surface area (Å²) < 4.78 is 5.66. The predicted molar refractivity (Wildman–Crippen MR) is 121 cm³/mol. The molecule has 4 rings (SSSR count). The van der Waals surface area contributed by atoms with Crippen molar-refractivity contribution in [2.45, 2.75) is 33.6 Å². The van der Waals surface area contributed by atoms with E-state index >= 15 is 0 Å². The van der Waals surface area contributed by atoms with Crippen LogP contribution in [0.5, 0.6) is 0 Å². The molecule has 4 heterocycles. The van der Waals surface area contributed by atoms with Gasteiger partial charge in [0.15, 0.2) is 10.3 Å². The lowest BCUT2D eigenvalue weighted by Crippen LogP contribution is -2.34. The maximum absolute atomic E-state index is 13.3. The van der Waals surface area contributed by atoms with E-state index in [0.29, 0.717) is 38.6 Å². The fourth-order valence-electron chi connectivity index (χ4n) is 3.49. The molecule has 1 aliphatic rings. The molecule has 0 fully saturated rings. The number of anilines is 2. The fraction of sp³-hybridized carbons (Fsp3) is 0.238. The molecule has 160 valence electrons. The molecule has 3 N–H and O–H groups in total. The summed E-state index contributed by atoms with van der Waals surface area (Å²) in [5.41, 5.74) is 3.73. The number of nitrogens with one attached hydrogen (secondary N) is 3. The number of hydrogen-bond donors (Lipinski definition) is 3. The third-order valence-electron chi connectivity index (χ3n) is 4.76. The number of allylic oxidation sites excluding steroid dienone is 2. The third-order valence-corrected chi connectivity index (χ3v) is 6.51. The zero-order chi connectivity index (χ0) is 22.1. The number of dihydropyridines is 1. The Bertz CT molecular complexity index is 1130. The van der Waals surface area contributed by atoms with E-state index in [1.54, 1.807) is 26.0 Å². The van der Waals surface area contributed by atoms with Crippen LogP contribution in [0.4, 0.5) is 10.3 Å². The fourth-order valence-corrected chi connectivity index (χ4v) is 4.85. The lowest BCUT2D eigenvalue weighted by Gasteiger charge is -2.29. The van der Waals surface area contributed by atoms with Gasteiger partial charge in [-0.3, -0.25) is 20.2 Å². The molecule has 3 aromatic heterocycles. The van der Waals surface area contributed by atoms with Gasteiger partial charge >= 0.3 is 0 Å². The Kier molecular flexibility index (Phi) is 5.75. The summed E-state index contributed by atoms with van der Waals surface area (Å²) in [7, 11) is 0. The maximum atomic E-state index is 13.3. The molecule has 31 heavy (non-hydrogen) atoms. The standard InChI is InChI=1S/C21H21N5O3S2/c1-10-8-30-20(22-10)25-18(27)15-12(3)24-13(4)16(17(15)14-6-5-7-29-14)19(28)26-21-23-11(2)9-31-21/h5-9,17,24H,1-4H3,(H,22,25,27)(H,23,26,28). The predicted octanol–water partition coefficient (Wildman–Crippen LogP) is 4.32. The molecular weight excluding hydrogens is 434 g/mol. The van der Waals surface area contributed by atoms with Crippen molar-refractivity contribution in [1.29, 1.82) is 0 Å². The van der Waals surface area contributed by atoms with Crippen LogP contribution in [0.2, 0.25) is 0 Å². The van der Waals surface area contributed by atoms with E-state index < -0.39 is 5.92 Å². The third kappa shape index (κ3) is 4.30. The van der Waals surface area contributed by atoms with Gasteiger partial charge < -0.3 is 9.73 Å². The summed E-state index contributed by atoms with van der Waals surface area (Å²) >= 11 is 2.69. The van der Waals surface area contributed by atoms with Crippen molar-refractivity contribution in [3.63, 3.8) is 0 Å². The van der Waals surface area contributed by atoms with Gasteiger partial charge in [-0.05, 0) is 39.8 Å². The Morgan fingerprint density at radius 2 is 1.45 bits per heavy atom. The van der Waals surface area contributed by atoms with Crippen molar-refractivity contribution in [2.24, 2.45) is 0 Å². The molecule has 1 aliphatic heterocycles. The lowest BCUT2D eigenvalue weighted by atomic mass is 9.82. The molecule has 0 aliphatic carbocycles. The quantitative estimate of drug-likeness (QED) is 0.529. The van der Waals surface area contributed by atoms with E-state index in [4.69, 9.17) is 4.42 Å². The number of nitrogens with zero attached hydrogens (tertiary/aromatic N) is 2. The first-order valence-electron chi connectivity index (χ1n) is 9.52. The Morgan fingerprint density at radius 3 is 1.84 bits per heavy atom. The van der Waals surface area contributed by atoms with E-state index in [1.807, 2.05) is 24.6 Å². The molecule has 0 unspecified atom stereocenters. The average molecular weight is 456 g/mol. The molecule has 10 heteroatoms. The summed E-state index contributed by atoms with van der Waals surface area (Å²) in [6.45, 7) is 7.33. The van der Waals surface area contributed by atoms with Crippen LogP contribution in [0.3, 0.4) is 0 Å². The molecule has 3 aromatic rings. The zero-order valence-corrected chi connectivity index (χ0v) is 19.0. The van der Waals surface area contributed by atoms with Crippen LogP contribution < -0.4 is 16.0 Å². The highest BCUT2D eigenvalue weighted by Gasteiger charge is 2.38. The van der Waals surface area contributed by atoms with Crippen LogP contribution in [0.15, 0.2) is 56.1 Å². The smallest absolute Gasteiger partial charge is 0.256 e. The molecule has 0 atom stereocenters. The second-order valence-electron chi connectivity index (χ2n) is 7.15. The first-order chi connectivity index (χ1) is 14.8. The highest BCUT2D eigenvalue weighted by atomic mass is 32.1. The number of thiazole rings is 2. The van der Waals surface area contributed by atoms with Crippen molar-refractivity contribution < 1.29 is 14.0 Å². The number of aromatic nitrogens is 2. The first kappa shape index (κ1) is 21.0. The van der Waals surface area contributed by atoms with Gasteiger partial charge in [0.25, 0.3) is 11.8 Å². The van der Waals surface area contributed by atoms with Crippen molar-refractivity contribution >= 4 is 44.8 Å². The van der Waals surface area contributed by atoms with Crippen molar-refractivity contribution in [3.05, 3.63) is 68.8 Å². The zero-order valence-electron chi connectivity index (χ0n) is 17.4. The van der Waals surface area contributed by atoms with Crippen LogP contribution in [0, 0.1) is 13.8 Å². The minimum absolute atomic E-state index is 0.344. The van der Waals surface area contributed by atoms with Crippen LogP contribution in [-0.2, 0) is 9.59 Å². The second kappa shape index (κ2) is 8.48. The summed E-state index contributed by atoms with van der Waals surface area (Å²) in [4.78, 5) is 35.2. The maximum Gasteiger partial charge on any atom is 0.256 e. The van der Waals surface area contributed by atoms with Crippen molar-refractivity contribution in [3.8, 4) is 0 Å². The highest BCUT2D eigenvalue weighted by molar-refractivity contribution is 7.14. The molecule has 0 radical (unpaired) electrons. The molecular formula is C21H21N5O3S2. The molecule has 0 bridgehead atoms. The summed E-state index contributed by atoms with van der Waals surface area (Å²) in [6, 6.07) is 3.50. The Balaban J connectivity index is 1.71. The number of aryl methyl sites for hydroxylation is 2. The van der Waals surface area contributed by atoms with Gasteiger partial charge in [-0.25, -0.2) is 9.97 Å².